The van der Waals surface area contributed by atoms with Gasteiger partial charge >= 0.3 is 0 Å². The van der Waals surface area contributed by atoms with Gasteiger partial charge in [-0.15, -0.1) is 0 Å². The van der Waals surface area contributed by atoms with E-state index in [2.05, 4.69) is 10.2 Å². The number of carbonyl (C=O) groups is 3. The standard InChI is InChI=1S/C24H28N4O4/c1-18(29)25-20-9-7-19(8-10-20)15-26-11-4-12-27(14-13-26)23(30)16-28-21-5-2-3-6-22(21)32-17-24(28)31/h2-3,5-10H,4,11-17H2,1H3,(H,25,29). The Morgan fingerprint density at radius 3 is 2.56 bits per heavy atom. The number of benzene rings is 2. The van der Waals surface area contributed by atoms with Crippen LogP contribution >= 0.6 is 0 Å². The maximum Gasteiger partial charge on any atom is 0.265 e. The van der Waals surface area contributed by atoms with E-state index in [1.54, 1.807) is 6.07 Å². The average molecular weight is 437 g/mol. The number of anilines is 2. The van der Waals surface area contributed by atoms with Crippen molar-refractivity contribution in [2.45, 2.75) is 19.9 Å². The molecule has 0 bridgehead atoms. The highest BCUT2D eigenvalue weighted by atomic mass is 16.5. The minimum absolute atomic E-state index is 0.0316. The zero-order valence-electron chi connectivity index (χ0n) is 18.3. The van der Waals surface area contributed by atoms with Crippen LogP contribution in [0.25, 0.3) is 0 Å². The van der Waals surface area contributed by atoms with Crippen LogP contribution in [0.2, 0.25) is 0 Å². The van der Waals surface area contributed by atoms with Gasteiger partial charge in [0.15, 0.2) is 6.61 Å². The maximum absolute atomic E-state index is 13.0. The molecule has 0 aliphatic carbocycles. The second kappa shape index (κ2) is 9.82. The molecule has 8 heteroatoms. The lowest BCUT2D eigenvalue weighted by Crippen LogP contribution is -2.47. The van der Waals surface area contributed by atoms with Gasteiger partial charge in [-0.1, -0.05) is 24.3 Å². The van der Waals surface area contributed by atoms with Gasteiger partial charge in [-0.05, 0) is 36.2 Å². The summed E-state index contributed by atoms with van der Waals surface area (Å²) in [5.41, 5.74) is 2.60. The van der Waals surface area contributed by atoms with Crippen LogP contribution in [0.5, 0.6) is 5.75 Å². The normalized spacial score (nSPS) is 16.7. The summed E-state index contributed by atoms with van der Waals surface area (Å²) in [6.45, 7) is 5.25. The Labute approximate surface area is 187 Å². The lowest BCUT2D eigenvalue weighted by Gasteiger charge is -2.31. The van der Waals surface area contributed by atoms with E-state index < -0.39 is 0 Å². The van der Waals surface area contributed by atoms with Crippen molar-refractivity contribution in [2.24, 2.45) is 0 Å². The Bertz CT molecular complexity index is 992. The molecule has 0 atom stereocenters. The number of carbonyl (C=O) groups excluding carboxylic acids is 3. The number of nitrogens with zero attached hydrogens (tertiary/aromatic N) is 3. The van der Waals surface area contributed by atoms with E-state index in [0.29, 0.717) is 24.5 Å². The molecule has 1 saturated heterocycles. The van der Waals surface area contributed by atoms with Gasteiger partial charge in [0.1, 0.15) is 12.3 Å². The quantitative estimate of drug-likeness (QED) is 0.776. The SMILES string of the molecule is CC(=O)Nc1ccc(CN2CCCN(C(=O)CN3C(=O)COc4ccccc43)CC2)cc1. The molecule has 1 fully saturated rings. The fraction of sp³-hybridized carbons (Fsp3) is 0.375. The molecule has 168 valence electrons. The first kappa shape index (κ1) is 21.8. The van der Waals surface area contributed by atoms with E-state index >= 15 is 0 Å². The molecule has 4 rings (SSSR count). The summed E-state index contributed by atoms with van der Waals surface area (Å²) in [6, 6.07) is 15.1. The second-order valence-corrected chi connectivity index (χ2v) is 8.12. The molecule has 2 aliphatic heterocycles. The molecular formula is C24H28N4O4. The van der Waals surface area contributed by atoms with Crippen LogP contribution < -0.4 is 15.0 Å². The third kappa shape index (κ3) is 5.26. The summed E-state index contributed by atoms with van der Waals surface area (Å²) in [6.07, 6.45) is 0.878. The molecule has 3 amide bonds. The molecule has 0 saturated carbocycles. The predicted molar refractivity (Wildman–Crippen MR) is 122 cm³/mol. The highest BCUT2D eigenvalue weighted by molar-refractivity contribution is 6.02. The van der Waals surface area contributed by atoms with Gasteiger partial charge in [0.05, 0.1) is 5.69 Å². The molecule has 0 aromatic heterocycles. The lowest BCUT2D eigenvalue weighted by molar-refractivity contribution is -0.131. The monoisotopic (exact) mass is 436 g/mol. The second-order valence-electron chi connectivity index (χ2n) is 8.12. The van der Waals surface area contributed by atoms with Gasteiger partial charge in [0.25, 0.3) is 5.91 Å². The van der Waals surface area contributed by atoms with E-state index in [1.807, 2.05) is 47.4 Å². The third-order valence-corrected chi connectivity index (χ3v) is 5.72. The predicted octanol–water partition coefficient (Wildman–Crippen LogP) is 2.10. The van der Waals surface area contributed by atoms with E-state index in [0.717, 1.165) is 37.3 Å². The Morgan fingerprint density at radius 1 is 1.00 bits per heavy atom. The highest BCUT2D eigenvalue weighted by Crippen LogP contribution is 2.31. The average Bonchev–Trinajstić information content (AvgIpc) is 3.02. The molecule has 2 aromatic carbocycles. The fourth-order valence-corrected chi connectivity index (χ4v) is 4.10. The van der Waals surface area contributed by atoms with Crippen LogP contribution in [0, 0.1) is 0 Å². The van der Waals surface area contributed by atoms with Gasteiger partial charge in [-0.3, -0.25) is 24.2 Å². The summed E-state index contributed by atoms with van der Waals surface area (Å²) in [7, 11) is 0. The number of nitrogens with one attached hydrogen (secondary N) is 1. The molecule has 32 heavy (non-hydrogen) atoms. The van der Waals surface area contributed by atoms with Gasteiger partial charge < -0.3 is 15.0 Å². The number of fused-ring (bicyclic) bond motifs is 1. The minimum atomic E-state index is -0.198. The van der Waals surface area contributed by atoms with Crippen LogP contribution in [0.1, 0.15) is 18.9 Å². The van der Waals surface area contributed by atoms with Gasteiger partial charge in [-0.2, -0.15) is 0 Å². The van der Waals surface area contributed by atoms with Crippen molar-refractivity contribution in [1.29, 1.82) is 0 Å². The molecule has 2 heterocycles. The molecule has 8 nitrogen and oxygen atoms in total. The van der Waals surface area contributed by atoms with Gasteiger partial charge in [0, 0.05) is 45.3 Å². The first-order valence-electron chi connectivity index (χ1n) is 10.9. The minimum Gasteiger partial charge on any atom is -0.482 e. The van der Waals surface area contributed by atoms with E-state index in [-0.39, 0.29) is 30.9 Å². The van der Waals surface area contributed by atoms with Crippen LogP contribution in [-0.2, 0) is 20.9 Å². The van der Waals surface area contributed by atoms with Crippen molar-refractivity contribution in [2.75, 3.05) is 49.5 Å². The molecular weight excluding hydrogens is 408 g/mol. The molecule has 0 unspecified atom stereocenters. The summed E-state index contributed by atoms with van der Waals surface area (Å²) < 4.78 is 5.47. The highest BCUT2D eigenvalue weighted by Gasteiger charge is 2.29. The molecule has 2 aromatic rings. The Hall–Kier alpha value is -3.39. The van der Waals surface area contributed by atoms with Gasteiger partial charge in [-0.25, -0.2) is 0 Å². The van der Waals surface area contributed by atoms with Crippen molar-refractivity contribution in [3.63, 3.8) is 0 Å². The molecule has 2 aliphatic rings. The van der Waals surface area contributed by atoms with Crippen molar-refractivity contribution < 1.29 is 19.1 Å². The fourth-order valence-electron chi connectivity index (χ4n) is 4.10. The van der Waals surface area contributed by atoms with E-state index in [9.17, 15) is 14.4 Å². The zero-order chi connectivity index (χ0) is 22.5. The van der Waals surface area contributed by atoms with Crippen LogP contribution in [-0.4, -0.2) is 66.9 Å². The van der Waals surface area contributed by atoms with Crippen LogP contribution in [0.4, 0.5) is 11.4 Å². The number of amides is 3. The number of ether oxygens (including phenoxy) is 1. The number of hydrogen-bond acceptors (Lipinski definition) is 5. The van der Waals surface area contributed by atoms with Crippen molar-refractivity contribution in [3.8, 4) is 5.75 Å². The van der Waals surface area contributed by atoms with Gasteiger partial charge in [0.2, 0.25) is 11.8 Å². The molecule has 1 N–H and O–H groups in total. The van der Waals surface area contributed by atoms with Crippen molar-refractivity contribution >= 4 is 29.1 Å². The third-order valence-electron chi connectivity index (χ3n) is 5.72. The zero-order valence-corrected chi connectivity index (χ0v) is 18.3. The summed E-state index contributed by atoms with van der Waals surface area (Å²) in [4.78, 5) is 42.3. The number of para-hydroxylation sites is 2. The Kier molecular flexibility index (Phi) is 6.70. The smallest absolute Gasteiger partial charge is 0.265 e. The summed E-state index contributed by atoms with van der Waals surface area (Å²) in [5, 5.41) is 2.77. The topological polar surface area (TPSA) is 82.2 Å². The number of hydrogen-bond donors (Lipinski definition) is 1. The van der Waals surface area contributed by atoms with Crippen LogP contribution in [0.15, 0.2) is 48.5 Å². The van der Waals surface area contributed by atoms with E-state index in [1.165, 1.54) is 11.8 Å². The Morgan fingerprint density at radius 2 is 1.78 bits per heavy atom. The van der Waals surface area contributed by atoms with E-state index in [4.69, 9.17) is 4.74 Å². The molecule has 0 spiro atoms. The summed E-state index contributed by atoms with van der Waals surface area (Å²) >= 11 is 0. The summed E-state index contributed by atoms with van der Waals surface area (Å²) in [5.74, 6) is 0.302. The first-order valence-corrected chi connectivity index (χ1v) is 10.9. The maximum atomic E-state index is 13.0. The van der Waals surface area contributed by atoms with Crippen molar-refractivity contribution in [3.05, 3.63) is 54.1 Å². The lowest BCUT2D eigenvalue weighted by atomic mass is 10.2. The largest absolute Gasteiger partial charge is 0.482 e. The number of rotatable bonds is 5. The van der Waals surface area contributed by atoms with Crippen LogP contribution in [0.3, 0.4) is 0 Å². The first-order chi connectivity index (χ1) is 15.5. The Balaban J connectivity index is 1.33. The van der Waals surface area contributed by atoms with Crippen molar-refractivity contribution in [1.82, 2.24) is 9.80 Å². The molecule has 0 radical (unpaired) electrons.